The fourth-order valence-electron chi connectivity index (χ4n) is 5.37. The van der Waals surface area contributed by atoms with Gasteiger partial charge in [0.25, 0.3) is 5.91 Å². The van der Waals surface area contributed by atoms with Crippen molar-refractivity contribution in [3.63, 3.8) is 0 Å². The zero-order valence-electron chi connectivity index (χ0n) is 23.1. The number of carbonyl (C=O) groups excluding carboxylic acids is 1. The Balaban J connectivity index is 1.56. The van der Waals surface area contributed by atoms with Crippen molar-refractivity contribution in [1.82, 2.24) is 8.87 Å². The molecule has 2 fully saturated rings. The number of rotatable bonds is 7. The van der Waals surface area contributed by atoms with Crippen molar-refractivity contribution in [2.75, 3.05) is 49.6 Å². The van der Waals surface area contributed by atoms with Gasteiger partial charge in [-0.2, -0.15) is 9.57 Å². The molecule has 2 aliphatic rings. The van der Waals surface area contributed by atoms with E-state index in [1.165, 1.54) is 4.31 Å². The summed E-state index contributed by atoms with van der Waals surface area (Å²) >= 11 is 6.18. The van der Waals surface area contributed by atoms with Crippen LogP contribution in [0.2, 0.25) is 5.02 Å². The van der Waals surface area contributed by atoms with E-state index < -0.39 is 15.9 Å². The minimum Gasteiger partial charge on any atom is -0.379 e. The first-order chi connectivity index (χ1) is 19.7. The minimum absolute atomic E-state index is 0.0754. The van der Waals surface area contributed by atoms with Gasteiger partial charge >= 0.3 is 0 Å². The molecule has 3 heterocycles. The molecule has 0 saturated carbocycles. The van der Waals surface area contributed by atoms with Gasteiger partial charge in [0.15, 0.2) is 0 Å². The number of para-hydroxylation sites is 1. The third-order valence-electron chi connectivity index (χ3n) is 7.50. The quantitative estimate of drug-likeness (QED) is 0.308. The van der Waals surface area contributed by atoms with Gasteiger partial charge in [-0.25, -0.2) is 8.42 Å². The number of amides is 1. The maximum atomic E-state index is 13.6. The lowest BCUT2D eigenvalue weighted by atomic mass is 10.1. The second-order valence-corrected chi connectivity index (χ2v) is 12.5. The number of nitrogens with one attached hydrogen (secondary N) is 1. The molecule has 41 heavy (non-hydrogen) atoms. The first-order valence-corrected chi connectivity index (χ1v) is 15.4. The Bertz CT molecular complexity index is 1650. The number of morpholine rings is 1. The SMILES string of the molecule is Cc1cc(/C=C(\C#N)C(=O)Nc2ccccc2Cl)c(C)n1-c1cc(S(=O)(=O)N2CCOCC2)ccc1N1CCCC1. The molecule has 1 amide bonds. The Hall–Kier alpha value is -3.62. The van der Waals surface area contributed by atoms with Crippen molar-refractivity contribution < 1.29 is 17.9 Å². The molecule has 2 saturated heterocycles. The van der Waals surface area contributed by atoms with Crippen molar-refractivity contribution in [3.05, 3.63) is 76.1 Å². The van der Waals surface area contributed by atoms with E-state index in [9.17, 15) is 18.5 Å². The van der Waals surface area contributed by atoms with Crippen LogP contribution in [0.1, 0.15) is 29.8 Å². The number of aryl methyl sites for hydroxylation is 1. The van der Waals surface area contributed by atoms with Crippen LogP contribution in [0.15, 0.2) is 59.0 Å². The maximum Gasteiger partial charge on any atom is 0.266 e. The molecule has 1 N–H and O–H groups in total. The van der Waals surface area contributed by atoms with Gasteiger partial charge in [0.2, 0.25) is 10.0 Å². The highest BCUT2D eigenvalue weighted by atomic mass is 35.5. The number of hydrogen-bond donors (Lipinski definition) is 1. The van der Waals surface area contributed by atoms with Crippen LogP contribution in [-0.2, 0) is 19.6 Å². The highest BCUT2D eigenvalue weighted by Crippen LogP contribution is 2.34. The average Bonchev–Trinajstić information content (AvgIpc) is 3.60. The number of halogens is 1. The summed E-state index contributed by atoms with van der Waals surface area (Å²) in [6, 6.07) is 16.0. The fourth-order valence-corrected chi connectivity index (χ4v) is 6.98. The summed E-state index contributed by atoms with van der Waals surface area (Å²) in [4.78, 5) is 15.4. The second-order valence-electron chi connectivity index (χ2n) is 10.1. The van der Waals surface area contributed by atoms with E-state index in [2.05, 4.69) is 10.2 Å². The predicted octanol–water partition coefficient (Wildman–Crippen LogP) is 4.91. The molecule has 0 spiro atoms. The Morgan fingerprint density at radius 1 is 1.02 bits per heavy atom. The van der Waals surface area contributed by atoms with E-state index in [-0.39, 0.29) is 10.5 Å². The van der Waals surface area contributed by atoms with Crippen LogP contribution >= 0.6 is 11.6 Å². The smallest absolute Gasteiger partial charge is 0.266 e. The first-order valence-electron chi connectivity index (χ1n) is 13.5. The molecular weight excluding hydrogens is 562 g/mol. The number of benzene rings is 2. The van der Waals surface area contributed by atoms with E-state index in [1.807, 2.05) is 36.6 Å². The molecule has 214 valence electrons. The monoisotopic (exact) mass is 593 g/mol. The molecule has 2 aliphatic heterocycles. The standard InChI is InChI=1S/C30H32ClN5O4S/c1-21-17-23(18-24(20-32)30(37)33-27-8-4-3-7-26(27)31)22(2)36(21)29-19-25(9-10-28(29)34-11-5-6-12-34)41(38,39)35-13-15-40-16-14-35/h3-4,7-10,17-19H,5-6,11-16H2,1-2H3,(H,33,37)/b24-18+. The molecule has 0 unspecified atom stereocenters. The van der Waals surface area contributed by atoms with E-state index in [4.69, 9.17) is 16.3 Å². The van der Waals surface area contributed by atoms with Crippen LogP contribution in [0.4, 0.5) is 11.4 Å². The van der Waals surface area contributed by atoms with Gasteiger partial charge in [-0.15, -0.1) is 0 Å². The van der Waals surface area contributed by atoms with Crippen LogP contribution in [0.5, 0.6) is 0 Å². The number of carbonyl (C=O) groups is 1. The highest BCUT2D eigenvalue weighted by molar-refractivity contribution is 7.89. The Labute approximate surface area is 245 Å². The number of hydrogen-bond acceptors (Lipinski definition) is 6. The summed E-state index contributed by atoms with van der Waals surface area (Å²) in [5, 5.41) is 12.9. The number of aromatic nitrogens is 1. The topological polar surface area (TPSA) is 108 Å². The lowest BCUT2D eigenvalue weighted by Crippen LogP contribution is -2.40. The minimum atomic E-state index is -3.72. The Morgan fingerprint density at radius 3 is 2.41 bits per heavy atom. The molecule has 9 nitrogen and oxygen atoms in total. The van der Waals surface area contributed by atoms with E-state index in [1.54, 1.807) is 42.5 Å². The zero-order valence-corrected chi connectivity index (χ0v) is 24.6. The zero-order chi connectivity index (χ0) is 29.1. The lowest BCUT2D eigenvalue weighted by molar-refractivity contribution is -0.112. The van der Waals surface area contributed by atoms with Crippen molar-refractivity contribution >= 4 is 45.0 Å². The number of anilines is 2. The second kappa shape index (κ2) is 12.1. The summed E-state index contributed by atoms with van der Waals surface area (Å²) in [6.07, 6.45) is 3.68. The number of sulfonamides is 1. The summed E-state index contributed by atoms with van der Waals surface area (Å²) in [5.41, 5.74) is 4.34. The van der Waals surface area contributed by atoms with E-state index in [0.717, 1.165) is 48.7 Å². The number of nitrogens with zero attached hydrogens (tertiary/aromatic N) is 4. The first kappa shape index (κ1) is 28.9. The Morgan fingerprint density at radius 2 is 1.73 bits per heavy atom. The third-order valence-corrected chi connectivity index (χ3v) is 9.72. The van der Waals surface area contributed by atoms with Crippen LogP contribution in [-0.4, -0.2) is 62.6 Å². The highest BCUT2D eigenvalue weighted by Gasteiger charge is 2.29. The fraction of sp³-hybridized carbons (Fsp3) is 0.333. The van der Waals surface area contributed by atoms with Gasteiger partial charge in [-0.05, 0) is 74.7 Å². The molecule has 3 aromatic rings. The van der Waals surface area contributed by atoms with Crippen molar-refractivity contribution in [1.29, 1.82) is 5.26 Å². The van der Waals surface area contributed by atoms with Crippen LogP contribution in [0, 0.1) is 25.2 Å². The molecule has 0 atom stereocenters. The van der Waals surface area contributed by atoms with Gasteiger partial charge in [-0.1, -0.05) is 23.7 Å². The maximum absolute atomic E-state index is 13.6. The molecular formula is C30H32ClN5O4S. The molecule has 11 heteroatoms. The van der Waals surface area contributed by atoms with Crippen molar-refractivity contribution in [2.45, 2.75) is 31.6 Å². The van der Waals surface area contributed by atoms with Crippen LogP contribution in [0.3, 0.4) is 0 Å². The van der Waals surface area contributed by atoms with Crippen LogP contribution in [0.25, 0.3) is 11.8 Å². The van der Waals surface area contributed by atoms with E-state index >= 15 is 0 Å². The van der Waals surface area contributed by atoms with Gasteiger partial charge < -0.3 is 19.5 Å². The van der Waals surface area contributed by atoms with Gasteiger partial charge in [-0.3, -0.25) is 4.79 Å². The molecule has 0 radical (unpaired) electrons. The summed E-state index contributed by atoms with van der Waals surface area (Å²) in [5.74, 6) is -0.568. The summed E-state index contributed by atoms with van der Waals surface area (Å²) < 4.78 is 35.9. The third kappa shape index (κ3) is 5.90. The molecule has 2 aromatic carbocycles. The van der Waals surface area contributed by atoms with Crippen LogP contribution < -0.4 is 10.2 Å². The summed E-state index contributed by atoms with van der Waals surface area (Å²) in [7, 11) is -3.72. The lowest BCUT2D eigenvalue weighted by Gasteiger charge is -2.28. The Kier molecular flexibility index (Phi) is 8.52. The summed E-state index contributed by atoms with van der Waals surface area (Å²) in [6.45, 7) is 6.97. The molecule has 0 aliphatic carbocycles. The molecule has 5 rings (SSSR count). The van der Waals surface area contributed by atoms with Crippen molar-refractivity contribution in [2.24, 2.45) is 0 Å². The van der Waals surface area contributed by atoms with Crippen molar-refractivity contribution in [3.8, 4) is 11.8 Å². The average molecular weight is 594 g/mol. The normalized spacial score (nSPS) is 16.5. The number of nitriles is 1. The van der Waals surface area contributed by atoms with E-state index in [0.29, 0.717) is 42.6 Å². The van der Waals surface area contributed by atoms with Gasteiger partial charge in [0, 0.05) is 37.6 Å². The largest absolute Gasteiger partial charge is 0.379 e. The number of ether oxygens (including phenoxy) is 1. The molecule has 1 aromatic heterocycles. The molecule has 0 bridgehead atoms. The van der Waals surface area contributed by atoms with Gasteiger partial charge in [0.05, 0.1) is 40.2 Å². The predicted molar refractivity (Wildman–Crippen MR) is 160 cm³/mol. The van der Waals surface area contributed by atoms with Gasteiger partial charge in [0.1, 0.15) is 11.6 Å².